The molecule has 0 aliphatic carbocycles. The highest BCUT2D eigenvalue weighted by molar-refractivity contribution is 9.10. The number of anilines is 1. The first-order chi connectivity index (χ1) is 14.0. The number of hydrogen-bond donors (Lipinski definition) is 1. The summed E-state index contributed by atoms with van der Waals surface area (Å²) in [5.41, 5.74) is 1.14. The van der Waals surface area contributed by atoms with Crippen molar-refractivity contribution in [1.82, 2.24) is 14.9 Å². The van der Waals surface area contributed by atoms with Crippen LogP contribution >= 0.6 is 27.5 Å². The third-order valence-corrected chi connectivity index (χ3v) is 5.68. The minimum Gasteiger partial charge on any atom is -0.493 e. The van der Waals surface area contributed by atoms with Gasteiger partial charge in [0.15, 0.2) is 11.6 Å². The van der Waals surface area contributed by atoms with Crippen molar-refractivity contribution in [1.29, 1.82) is 0 Å². The Morgan fingerprint density at radius 2 is 1.83 bits per heavy atom. The molecule has 9 heteroatoms. The van der Waals surface area contributed by atoms with Crippen molar-refractivity contribution >= 4 is 33.3 Å². The Bertz CT molecular complexity index is 807. The van der Waals surface area contributed by atoms with Crippen molar-refractivity contribution in [2.24, 2.45) is 0 Å². The summed E-state index contributed by atoms with van der Waals surface area (Å²) in [7, 11) is 0. The van der Waals surface area contributed by atoms with Gasteiger partial charge in [0, 0.05) is 25.7 Å². The Hall–Kier alpha value is -1.64. The van der Waals surface area contributed by atoms with Crippen molar-refractivity contribution in [3.05, 3.63) is 39.5 Å². The molecule has 0 atom stereocenters. The maximum Gasteiger partial charge on any atom is 0.224 e. The molecule has 3 rings (SSSR count). The fraction of sp³-hybridized carbons (Fsp3) is 0.500. The molecule has 1 saturated heterocycles. The van der Waals surface area contributed by atoms with Gasteiger partial charge >= 0.3 is 0 Å². The summed E-state index contributed by atoms with van der Waals surface area (Å²) in [5, 5.41) is 3.19. The van der Waals surface area contributed by atoms with Crippen LogP contribution in [0, 0.1) is 5.82 Å². The summed E-state index contributed by atoms with van der Waals surface area (Å²) in [6.07, 6.45) is 2.86. The molecule has 29 heavy (non-hydrogen) atoms. The summed E-state index contributed by atoms with van der Waals surface area (Å²) in [4.78, 5) is 9.95. The lowest BCUT2D eigenvalue weighted by Crippen LogP contribution is -2.39. The van der Waals surface area contributed by atoms with Crippen LogP contribution < -0.4 is 14.8 Å². The number of likely N-dealkylation sites (tertiary alicyclic amines) is 1. The molecule has 1 N–H and O–H groups in total. The second kappa shape index (κ2) is 10.4. The Morgan fingerprint density at radius 1 is 1.21 bits per heavy atom. The van der Waals surface area contributed by atoms with Gasteiger partial charge in [0.25, 0.3) is 0 Å². The van der Waals surface area contributed by atoms with Gasteiger partial charge < -0.3 is 14.8 Å². The third kappa shape index (κ3) is 5.93. The van der Waals surface area contributed by atoms with Crippen LogP contribution in [0.25, 0.3) is 0 Å². The topological polar surface area (TPSA) is 59.5 Å². The molecule has 2 aromatic rings. The maximum atomic E-state index is 13.8. The van der Waals surface area contributed by atoms with Gasteiger partial charge in [-0.2, -0.15) is 4.98 Å². The average molecular weight is 488 g/mol. The second-order valence-corrected chi connectivity index (χ2v) is 7.93. The van der Waals surface area contributed by atoms with Crippen LogP contribution in [0.3, 0.4) is 0 Å². The smallest absolute Gasteiger partial charge is 0.224 e. The molecular formula is C20H25BrClFN4O2. The molecule has 0 spiro atoms. The zero-order valence-electron chi connectivity index (χ0n) is 16.6. The van der Waals surface area contributed by atoms with Gasteiger partial charge in [-0.15, -0.1) is 0 Å². The number of hydrogen-bond acceptors (Lipinski definition) is 6. The molecule has 1 aromatic heterocycles. The standard InChI is InChI=1S/C20H25BrClFN4O2/c1-3-28-16-9-13(10-17(18(16)21)29-4-2)12-27-7-5-14(6-8-27)25-19-15(23)11-24-20(22)26-19/h9-11,14H,3-8,12H2,1-2H3,(H,24,25,26). The summed E-state index contributed by atoms with van der Waals surface area (Å²) in [6.45, 7) is 7.69. The van der Waals surface area contributed by atoms with Gasteiger partial charge in [0.1, 0.15) is 16.0 Å². The monoisotopic (exact) mass is 486 g/mol. The highest BCUT2D eigenvalue weighted by Gasteiger charge is 2.22. The molecule has 0 unspecified atom stereocenters. The Labute approximate surface area is 183 Å². The van der Waals surface area contributed by atoms with E-state index >= 15 is 0 Å². The van der Waals surface area contributed by atoms with Gasteiger partial charge in [-0.05, 0) is 71.9 Å². The number of piperidine rings is 1. The van der Waals surface area contributed by atoms with E-state index in [1.165, 1.54) is 0 Å². The first kappa shape index (κ1) is 22.1. The molecule has 2 heterocycles. The lowest BCUT2D eigenvalue weighted by Gasteiger charge is -2.32. The van der Waals surface area contributed by atoms with Crippen molar-refractivity contribution in [2.45, 2.75) is 39.3 Å². The predicted octanol–water partition coefficient (Wildman–Crippen LogP) is 4.91. The van der Waals surface area contributed by atoms with Crippen LogP contribution in [0.15, 0.2) is 22.8 Å². The van der Waals surface area contributed by atoms with Crippen molar-refractivity contribution < 1.29 is 13.9 Å². The minimum absolute atomic E-state index is 0.0387. The quantitative estimate of drug-likeness (QED) is 0.534. The van der Waals surface area contributed by atoms with Gasteiger partial charge in [-0.25, -0.2) is 9.37 Å². The van der Waals surface area contributed by atoms with E-state index in [0.29, 0.717) is 13.2 Å². The largest absolute Gasteiger partial charge is 0.493 e. The molecule has 6 nitrogen and oxygen atoms in total. The molecule has 1 aliphatic heterocycles. The predicted molar refractivity (Wildman–Crippen MR) is 115 cm³/mol. The number of rotatable bonds is 8. The first-order valence-corrected chi connectivity index (χ1v) is 10.9. The first-order valence-electron chi connectivity index (χ1n) is 9.75. The van der Waals surface area contributed by atoms with E-state index in [1.54, 1.807) is 0 Å². The fourth-order valence-corrected chi connectivity index (χ4v) is 3.96. The number of aromatic nitrogens is 2. The zero-order chi connectivity index (χ0) is 20.8. The zero-order valence-corrected chi connectivity index (χ0v) is 18.9. The lowest BCUT2D eigenvalue weighted by atomic mass is 10.0. The highest BCUT2D eigenvalue weighted by atomic mass is 79.9. The van der Waals surface area contributed by atoms with Gasteiger partial charge in [-0.3, -0.25) is 4.90 Å². The molecule has 0 radical (unpaired) electrons. The summed E-state index contributed by atoms with van der Waals surface area (Å²) < 4.78 is 26.2. The van der Waals surface area contributed by atoms with Gasteiger partial charge in [-0.1, -0.05) is 0 Å². The Balaban J connectivity index is 1.61. The van der Waals surface area contributed by atoms with Crippen LogP contribution in [-0.2, 0) is 6.54 Å². The SMILES string of the molecule is CCOc1cc(CN2CCC(Nc3nc(Cl)ncc3F)CC2)cc(OCC)c1Br. The summed E-state index contributed by atoms with van der Waals surface area (Å²) in [6, 6.07) is 4.26. The van der Waals surface area contributed by atoms with Crippen LogP contribution in [0.1, 0.15) is 32.3 Å². The summed E-state index contributed by atoms with van der Waals surface area (Å²) >= 11 is 9.34. The van der Waals surface area contributed by atoms with Crippen LogP contribution in [0.2, 0.25) is 5.28 Å². The summed E-state index contributed by atoms with van der Waals surface area (Å²) in [5.74, 6) is 1.26. The molecule has 1 aromatic carbocycles. The molecule has 1 aliphatic rings. The molecule has 0 bridgehead atoms. The number of nitrogens with zero attached hydrogens (tertiary/aromatic N) is 3. The Morgan fingerprint density at radius 3 is 2.41 bits per heavy atom. The number of benzene rings is 1. The number of halogens is 3. The van der Waals surface area contributed by atoms with Crippen molar-refractivity contribution in [3.8, 4) is 11.5 Å². The van der Waals surface area contributed by atoms with E-state index in [9.17, 15) is 4.39 Å². The highest BCUT2D eigenvalue weighted by Crippen LogP contribution is 2.36. The van der Waals surface area contributed by atoms with E-state index in [2.05, 4.69) is 48.2 Å². The van der Waals surface area contributed by atoms with Crippen molar-refractivity contribution in [3.63, 3.8) is 0 Å². The molecule has 0 amide bonds. The molecular weight excluding hydrogens is 463 g/mol. The van der Waals surface area contributed by atoms with E-state index in [-0.39, 0.29) is 17.1 Å². The van der Waals surface area contributed by atoms with Gasteiger partial charge in [0.05, 0.1) is 19.4 Å². The molecule has 1 fully saturated rings. The van der Waals surface area contributed by atoms with Crippen LogP contribution in [-0.4, -0.2) is 47.2 Å². The fourth-order valence-electron chi connectivity index (χ4n) is 3.37. The van der Waals surface area contributed by atoms with Crippen LogP contribution in [0.4, 0.5) is 10.2 Å². The Kier molecular flexibility index (Phi) is 7.91. The van der Waals surface area contributed by atoms with E-state index in [0.717, 1.165) is 60.2 Å². The van der Waals surface area contributed by atoms with E-state index in [1.807, 2.05) is 13.8 Å². The van der Waals surface area contributed by atoms with Gasteiger partial charge in [0.2, 0.25) is 5.28 Å². The van der Waals surface area contributed by atoms with Crippen molar-refractivity contribution in [2.75, 3.05) is 31.6 Å². The number of ether oxygens (including phenoxy) is 2. The third-order valence-electron chi connectivity index (χ3n) is 4.71. The van der Waals surface area contributed by atoms with E-state index < -0.39 is 5.82 Å². The van der Waals surface area contributed by atoms with E-state index in [4.69, 9.17) is 21.1 Å². The second-order valence-electron chi connectivity index (χ2n) is 6.80. The normalized spacial score (nSPS) is 15.3. The number of nitrogens with one attached hydrogen (secondary N) is 1. The lowest BCUT2D eigenvalue weighted by molar-refractivity contribution is 0.210. The average Bonchev–Trinajstić information content (AvgIpc) is 2.70. The maximum absolute atomic E-state index is 13.8. The molecule has 158 valence electrons. The minimum atomic E-state index is -0.487. The van der Waals surface area contributed by atoms with Crippen LogP contribution in [0.5, 0.6) is 11.5 Å². The molecule has 0 saturated carbocycles.